The Bertz CT molecular complexity index is 2440. The van der Waals surface area contributed by atoms with Crippen LogP contribution in [-0.4, -0.2) is 93.0 Å². The maximum absolute atomic E-state index is 15.1. The highest BCUT2D eigenvalue weighted by molar-refractivity contribution is 7.91. The average Bonchev–Trinajstić information content (AvgIpc) is 3.98. The number of ketones is 1. The Hall–Kier alpha value is -5.26. The monoisotopic (exact) mass is 939 g/mol. The van der Waals surface area contributed by atoms with E-state index in [1.54, 1.807) is 49.1 Å². The molecule has 1 saturated heterocycles. The number of carbonyl (C=O) groups excluding carboxylic acids is 4. The second-order valence-electron chi connectivity index (χ2n) is 19.8. The number of allylic oxidation sites excluding steroid dienone is 2. The summed E-state index contributed by atoms with van der Waals surface area (Å²) >= 11 is 0. The van der Waals surface area contributed by atoms with Gasteiger partial charge >= 0.3 is 12.1 Å². The smallest absolute Gasteiger partial charge is 0.427 e. The minimum atomic E-state index is -4.88. The number of benzene rings is 1. The van der Waals surface area contributed by atoms with E-state index < -0.39 is 91.8 Å². The second kappa shape index (κ2) is 18.4. The molecule has 4 heterocycles. The van der Waals surface area contributed by atoms with Crippen molar-refractivity contribution in [1.29, 1.82) is 0 Å². The Morgan fingerprint density at radius 2 is 1.74 bits per heavy atom. The highest BCUT2D eigenvalue weighted by Gasteiger charge is 2.63. The van der Waals surface area contributed by atoms with Crippen molar-refractivity contribution in [2.45, 2.75) is 141 Å². The summed E-state index contributed by atoms with van der Waals surface area (Å²) in [5.74, 6) is -3.89. The van der Waals surface area contributed by atoms with Gasteiger partial charge in [0.1, 0.15) is 17.6 Å². The lowest BCUT2D eigenvalue weighted by atomic mass is 9.82. The summed E-state index contributed by atoms with van der Waals surface area (Å²) in [6, 6.07) is 11.3. The third-order valence-corrected chi connectivity index (χ3v) is 15.7. The van der Waals surface area contributed by atoms with Gasteiger partial charge in [-0.3, -0.25) is 23.9 Å². The zero-order valence-corrected chi connectivity index (χ0v) is 39.3. The first-order valence-electron chi connectivity index (χ1n) is 22.7. The van der Waals surface area contributed by atoms with Crippen LogP contribution in [0.15, 0.2) is 67.0 Å². The molecule has 3 aromatic rings. The summed E-state index contributed by atoms with van der Waals surface area (Å²) in [4.78, 5) is 63.6. The summed E-state index contributed by atoms with van der Waals surface area (Å²) < 4.78 is 88.6. The van der Waals surface area contributed by atoms with E-state index >= 15 is 4.79 Å². The average molecular weight is 940 g/mol. The third kappa shape index (κ3) is 10.6. The van der Waals surface area contributed by atoms with Crippen LogP contribution in [0.5, 0.6) is 11.5 Å². The van der Waals surface area contributed by atoms with Crippen LogP contribution in [-0.2, 0) is 33.9 Å². The SMILES string of the molecule is CC(C)Oc1ccc(-c2cc(O[C@@H]3C[C@H]4C(=O)C[C@]5(C(=O)NS(=O)(=O)C6(C)CC6)C[C@H]5/C=C\CC[C@@H](C)C[C@@H](C)[C@H](CC(=O)OC(C)(C)C(F)(F)F)C(=O)N4C3)cc(-n3cccn3)n2)cc1. The number of hydrogen-bond donors (Lipinski definition) is 1. The molecular weight excluding hydrogens is 880 g/mol. The van der Waals surface area contributed by atoms with Gasteiger partial charge in [0.25, 0.3) is 0 Å². The summed E-state index contributed by atoms with van der Waals surface area (Å²) in [6.45, 7) is 10.5. The number of sulfonamides is 1. The molecule has 1 aromatic carbocycles. The molecule has 1 N–H and O–H groups in total. The van der Waals surface area contributed by atoms with E-state index in [1.165, 1.54) is 4.90 Å². The summed E-state index contributed by atoms with van der Waals surface area (Å²) in [5, 5.41) is 4.35. The molecular formula is C48H60F3N5O9S. The summed E-state index contributed by atoms with van der Waals surface area (Å²) in [7, 11) is -4.06. The van der Waals surface area contributed by atoms with Crippen LogP contribution in [0.4, 0.5) is 13.2 Å². The van der Waals surface area contributed by atoms with Crippen molar-refractivity contribution < 1.29 is 55.0 Å². The van der Waals surface area contributed by atoms with Crippen LogP contribution in [0.1, 0.15) is 106 Å². The van der Waals surface area contributed by atoms with Gasteiger partial charge in [0.05, 0.1) is 46.9 Å². The Kier molecular flexibility index (Phi) is 13.6. The lowest BCUT2D eigenvalue weighted by Crippen LogP contribution is -2.48. The van der Waals surface area contributed by atoms with Gasteiger partial charge in [0.2, 0.25) is 27.4 Å². The molecule has 0 radical (unpaired) electrons. The van der Waals surface area contributed by atoms with Gasteiger partial charge in [-0.1, -0.05) is 26.0 Å². The third-order valence-electron chi connectivity index (χ3n) is 13.6. The van der Waals surface area contributed by atoms with Crippen molar-refractivity contribution >= 4 is 33.6 Å². The van der Waals surface area contributed by atoms with Gasteiger partial charge in [-0.2, -0.15) is 18.3 Å². The maximum atomic E-state index is 15.1. The number of aromatic nitrogens is 3. The Labute approximate surface area is 384 Å². The molecule has 358 valence electrons. The summed E-state index contributed by atoms with van der Waals surface area (Å²) in [6.07, 6.45) is 2.90. The number of Topliss-reactive ketones (excluding diaryl/α,β-unsaturated/α-hetero) is 1. The van der Waals surface area contributed by atoms with Crippen molar-refractivity contribution in [3.8, 4) is 28.6 Å². The van der Waals surface area contributed by atoms with Crippen molar-refractivity contribution in [2.24, 2.45) is 29.1 Å². The highest BCUT2D eigenvalue weighted by Crippen LogP contribution is 2.58. The standard InChI is InChI=1S/C48H60F3N5O9S/c1-29(2)63-34-15-13-32(14-16-34)38-22-35(24-41(53-38)56-20-10-19-52-56)64-36-23-39-40(57)27-47(44(60)54-66(61,62)46(7)17-18-46)26-33(47)12-9-8-11-30(3)21-31(4)37(43(59)55(39)28-36)25-42(58)65-45(5,6)48(49,50)51/h9-10,12-16,19-20,22,24,29-31,33,36-37,39H,8,11,17-18,21,23,25-28H2,1-7H3,(H,54,60)/b12-9-/t30-,31-,33-,36-,37+,39+,47-/m1/s1. The van der Waals surface area contributed by atoms with E-state index in [1.807, 2.05) is 57.2 Å². The number of pyridine rings is 1. The molecule has 7 atom stereocenters. The number of rotatable bonds is 12. The Morgan fingerprint density at radius 3 is 2.38 bits per heavy atom. The largest absolute Gasteiger partial charge is 0.491 e. The van der Waals surface area contributed by atoms with Crippen LogP contribution in [0.3, 0.4) is 0 Å². The molecule has 2 aliphatic carbocycles. The molecule has 0 spiro atoms. The number of ether oxygens (including phenoxy) is 3. The minimum absolute atomic E-state index is 0.000272. The minimum Gasteiger partial charge on any atom is -0.491 e. The van der Waals surface area contributed by atoms with Crippen LogP contribution < -0.4 is 14.2 Å². The lowest BCUT2D eigenvalue weighted by Gasteiger charge is -2.33. The van der Waals surface area contributed by atoms with E-state index in [0.29, 0.717) is 55.1 Å². The van der Waals surface area contributed by atoms with Gasteiger partial charge in [0.15, 0.2) is 11.6 Å². The molecule has 2 aliphatic heterocycles. The first kappa shape index (κ1) is 48.7. The Morgan fingerprint density at radius 1 is 1.03 bits per heavy atom. The van der Waals surface area contributed by atoms with Crippen molar-refractivity contribution in [1.82, 2.24) is 24.4 Å². The fraction of sp³-hybridized carbons (Fsp3) is 0.583. The highest BCUT2D eigenvalue weighted by atomic mass is 32.2. The Balaban J connectivity index is 1.24. The van der Waals surface area contributed by atoms with Crippen molar-refractivity contribution in [3.05, 3.63) is 67.0 Å². The molecule has 2 amide bonds. The van der Waals surface area contributed by atoms with E-state index in [9.17, 15) is 36.0 Å². The number of nitrogens with one attached hydrogen (secondary N) is 1. The van der Waals surface area contributed by atoms with Gasteiger partial charge in [-0.15, -0.1) is 0 Å². The zero-order chi connectivity index (χ0) is 48.0. The van der Waals surface area contributed by atoms with E-state index in [0.717, 1.165) is 19.4 Å². The summed E-state index contributed by atoms with van der Waals surface area (Å²) in [5.41, 5.74) is -2.98. The number of carbonyl (C=O) groups is 4. The number of halogens is 3. The predicted molar refractivity (Wildman–Crippen MR) is 238 cm³/mol. The lowest BCUT2D eigenvalue weighted by molar-refractivity contribution is -0.257. The first-order valence-corrected chi connectivity index (χ1v) is 24.2. The van der Waals surface area contributed by atoms with Crippen LogP contribution >= 0.6 is 0 Å². The molecule has 7 rings (SSSR count). The fourth-order valence-electron chi connectivity index (χ4n) is 9.05. The number of hydrogen-bond acceptors (Lipinski definition) is 11. The predicted octanol–water partition coefficient (Wildman–Crippen LogP) is 7.94. The van der Waals surface area contributed by atoms with Crippen LogP contribution in [0.25, 0.3) is 17.1 Å². The van der Waals surface area contributed by atoms with Crippen LogP contribution in [0.2, 0.25) is 0 Å². The molecule has 14 nitrogen and oxygen atoms in total. The first-order chi connectivity index (χ1) is 30.9. The van der Waals surface area contributed by atoms with Crippen molar-refractivity contribution in [3.63, 3.8) is 0 Å². The van der Waals surface area contributed by atoms with Gasteiger partial charge in [-0.25, -0.2) is 18.1 Å². The van der Waals surface area contributed by atoms with Crippen LogP contribution in [0, 0.1) is 29.1 Å². The molecule has 66 heavy (non-hydrogen) atoms. The zero-order valence-electron chi connectivity index (χ0n) is 38.5. The van der Waals surface area contributed by atoms with Crippen molar-refractivity contribution in [2.75, 3.05) is 6.54 Å². The van der Waals surface area contributed by atoms with E-state index in [-0.39, 0.29) is 37.8 Å². The second-order valence-corrected chi connectivity index (χ2v) is 22.0. The fourth-order valence-corrected chi connectivity index (χ4v) is 10.4. The van der Waals surface area contributed by atoms with E-state index in [4.69, 9.17) is 19.2 Å². The van der Waals surface area contributed by atoms with Gasteiger partial charge in [0, 0.05) is 42.9 Å². The number of alkyl halides is 3. The topological polar surface area (TPSA) is 176 Å². The van der Waals surface area contributed by atoms with Gasteiger partial charge in [-0.05, 0) is 121 Å². The van der Waals surface area contributed by atoms with E-state index in [2.05, 4.69) is 9.82 Å². The molecule has 0 unspecified atom stereocenters. The molecule has 2 aromatic heterocycles. The molecule has 4 aliphatic rings. The molecule has 3 fully saturated rings. The number of amides is 2. The normalized spacial score (nSPS) is 27.5. The molecule has 18 heteroatoms. The molecule has 0 bridgehead atoms. The molecule has 2 saturated carbocycles. The maximum Gasteiger partial charge on any atom is 0.427 e. The van der Waals surface area contributed by atoms with Gasteiger partial charge < -0.3 is 19.1 Å². The number of fused-ring (bicyclic) bond motifs is 2. The number of nitrogens with zero attached hydrogens (tertiary/aromatic N) is 4. The quantitative estimate of drug-likeness (QED) is 0.138. The number of esters is 1.